The van der Waals surface area contributed by atoms with Crippen molar-refractivity contribution in [3.63, 3.8) is 0 Å². The highest BCUT2D eigenvalue weighted by atomic mass is 32.1. The van der Waals surface area contributed by atoms with Crippen LogP contribution in [-0.4, -0.2) is 29.6 Å². The third-order valence-electron chi connectivity index (χ3n) is 4.52. The fourth-order valence-corrected chi connectivity index (χ4v) is 4.13. The third kappa shape index (κ3) is 2.47. The van der Waals surface area contributed by atoms with Crippen LogP contribution in [0.2, 0.25) is 0 Å². The molecule has 0 unspecified atom stereocenters. The maximum Gasteiger partial charge on any atom is 0.231 e. The summed E-state index contributed by atoms with van der Waals surface area (Å²) in [5, 5.41) is 1.99. The summed E-state index contributed by atoms with van der Waals surface area (Å²) in [4.78, 5) is 17.4. The van der Waals surface area contributed by atoms with Gasteiger partial charge in [0.2, 0.25) is 6.79 Å². The summed E-state index contributed by atoms with van der Waals surface area (Å²) in [5.41, 5.74) is 3.80. The first-order valence-electron chi connectivity index (χ1n) is 8.28. The van der Waals surface area contributed by atoms with Crippen molar-refractivity contribution in [1.82, 2.24) is 9.38 Å². The molecule has 0 aliphatic carbocycles. The normalized spacial score (nSPS) is 12.5. The maximum atomic E-state index is 12.0. The molecule has 0 N–H and O–H groups in total. The van der Waals surface area contributed by atoms with Gasteiger partial charge in [0.1, 0.15) is 17.1 Å². The highest BCUT2D eigenvalue weighted by molar-refractivity contribution is 7.15. The van der Waals surface area contributed by atoms with Gasteiger partial charge in [0, 0.05) is 16.5 Å². The SMILES string of the molecule is COc1cccc(-c2nc3scc(-c4ccc5c(c4)OCO5)n3c2C=O)c1. The van der Waals surface area contributed by atoms with Crippen LogP contribution in [0.25, 0.3) is 27.5 Å². The summed E-state index contributed by atoms with van der Waals surface area (Å²) >= 11 is 1.49. The fraction of sp³-hybridized carbons (Fsp3) is 0.100. The molecule has 0 amide bonds. The van der Waals surface area contributed by atoms with E-state index < -0.39 is 0 Å². The minimum atomic E-state index is 0.225. The number of rotatable bonds is 4. The quantitative estimate of drug-likeness (QED) is 0.496. The van der Waals surface area contributed by atoms with E-state index in [4.69, 9.17) is 14.2 Å². The van der Waals surface area contributed by atoms with Crippen molar-refractivity contribution in [2.24, 2.45) is 0 Å². The van der Waals surface area contributed by atoms with Crippen LogP contribution < -0.4 is 14.2 Å². The average molecular weight is 378 g/mol. The number of hydrogen-bond acceptors (Lipinski definition) is 6. The topological polar surface area (TPSA) is 62.1 Å². The van der Waals surface area contributed by atoms with Crippen molar-refractivity contribution < 1.29 is 19.0 Å². The number of imidazole rings is 1. The van der Waals surface area contributed by atoms with E-state index in [0.717, 1.165) is 39.6 Å². The van der Waals surface area contributed by atoms with E-state index in [2.05, 4.69) is 4.98 Å². The highest BCUT2D eigenvalue weighted by Crippen LogP contribution is 2.38. The van der Waals surface area contributed by atoms with E-state index in [-0.39, 0.29) is 6.79 Å². The molecule has 1 aliphatic rings. The first-order valence-corrected chi connectivity index (χ1v) is 9.16. The van der Waals surface area contributed by atoms with E-state index in [0.29, 0.717) is 17.1 Å². The zero-order valence-corrected chi connectivity index (χ0v) is 15.2. The number of thiazole rings is 1. The second kappa shape index (κ2) is 6.14. The fourth-order valence-electron chi connectivity index (χ4n) is 3.23. The van der Waals surface area contributed by atoms with Gasteiger partial charge in [0.05, 0.1) is 12.8 Å². The number of carbonyl (C=O) groups excluding carboxylic acids is 1. The van der Waals surface area contributed by atoms with Gasteiger partial charge in [-0.1, -0.05) is 12.1 Å². The molecule has 0 saturated carbocycles. The first-order chi connectivity index (χ1) is 13.3. The maximum absolute atomic E-state index is 12.0. The molecule has 0 saturated heterocycles. The molecular formula is C20H14N2O4S. The predicted molar refractivity (Wildman–Crippen MR) is 102 cm³/mol. The number of methoxy groups -OCH3 is 1. The minimum Gasteiger partial charge on any atom is -0.497 e. The Labute approximate surface area is 158 Å². The first kappa shape index (κ1) is 15.9. The molecule has 2 aromatic carbocycles. The summed E-state index contributed by atoms with van der Waals surface area (Å²) in [5.74, 6) is 2.15. The molecule has 0 spiro atoms. The lowest BCUT2D eigenvalue weighted by Crippen LogP contribution is -1.94. The highest BCUT2D eigenvalue weighted by Gasteiger charge is 2.20. The summed E-state index contributed by atoms with van der Waals surface area (Å²) in [6, 6.07) is 13.3. The lowest BCUT2D eigenvalue weighted by Gasteiger charge is -2.05. The smallest absolute Gasteiger partial charge is 0.231 e. The molecule has 0 atom stereocenters. The third-order valence-corrected chi connectivity index (χ3v) is 5.35. The van der Waals surface area contributed by atoms with Crippen LogP contribution in [-0.2, 0) is 0 Å². The van der Waals surface area contributed by atoms with Crippen molar-refractivity contribution in [2.45, 2.75) is 0 Å². The van der Waals surface area contributed by atoms with Gasteiger partial charge < -0.3 is 14.2 Å². The van der Waals surface area contributed by atoms with Gasteiger partial charge in [-0.3, -0.25) is 9.20 Å². The number of hydrogen-bond donors (Lipinski definition) is 0. The summed E-state index contributed by atoms with van der Waals surface area (Å²) in [7, 11) is 1.61. The Morgan fingerprint density at radius 1 is 1.15 bits per heavy atom. The van der Waals surface area contributed by atoms with Gasteiger partial charge >= 0.3 is 0 Å². The molecule has 5 rings (SSSR count). The monoisotopic (exact) mass is 378 g/mol. The zero-order valence-electron chi connectivity index (χ0n) is 14.3. The van der Waals surface area contributed by atoms with Crippen molar-refractivity contribution >= 4 is 22.6 Å². The Hall–Kier alpha value is -3.32. The second-order valence-corrected chi connectivity index (χ2v) is 6.84. The van der Waals surface area contributed by atoms with E-state index in [1.165, 1.54) is 11.3 Å². The van der Waals surface area contributed by atoms with E-state index in [9.17, 15) is 4.79 Å². The molecule has 134 valence electrons. The molecule has 6 nitrogen and oxygen atoms in total. The Kier molecular flexibility index (Phi) is 3.61. The van der Waals surface area contributed by atoms with E-state index in [1.807, 2.05) is 52.2 Å². The Morgan fingerprint density at radius 3 is 2.89 bits per heavy atom. The summed E-state index contributed by atoms with van der Waals surface area (Å²) in [6.07, 6.45) is 0.845. The molecule has 7 heteroatoms. The van der Waals surface area contributed by atoms with Crippen LogP contribution in [0.3, 0.4) is 0 Å². The Balaban J connectivity index is 1.70. The lowest BCUT2D eigenvalue weighted by molar-refractivity contribution is 0.111. The van der Waals surface area contributed by atoms with Crippen molar-refractivity contribution in [3.05, 3.63) is 53.5 Å². The predicted octanol–water partition coefficient (Wildman–Crippen LogP) is 4.28. The Bertz CT molecular complexity index is 1180. The van der Waals surface area contributed by atoms with E-state index >= 15 is 0 Å². The number of fused-ring (bicyclic) bond motifs is 2. The summed E-state index contributed by atoms with van der Waals surface area (Å²) in [6.45, 7) is 0.225. The average Bonchev–Trinajstić information content (AvgIpc) is 3.41. The van der Waals surface area contributed by atoms with Gasteiger partial charge in [-0.05, 0) is 30.3 Å². The molecule has 0 fully saturated rings. The van der Waals surface area contributed by atoms with Crippen LogP contribution in [0.1, 0.15) is 10.5 Å². The molecule has 4 aromatic rings. The number of carbonyl (C=O) groups is 1. The number of benzene rings is 2. The van der Waals surface area contributed by atoms with Crippen LogP contribution in [0.15, 0.2) is 47.8 Å². The Morgan fingerprint density at radius 2 is 2.04 bits per heavy atom. The molecule has 1 aliphatic heterocycles. The van der Waals surface area contributed by atoms with Crippen molar-refractivity contribution in [1.29, 1.82) is 0 Å². The lowest BCUT2D eigenvalue weighted by atomic mass is 10.1. The van der Waals surface area contributed by atoms with Crippen molar-refractivity contribution in [3.8, 4) is 39.8 Å². The van der Waals surface area contributed by atoms with Gasteiger partial charge in [-0.15, -0.1) is 11.3 Å². The largest absolute Gasteiger partial charge is 0.497 e. The van der Waals surface area contributed by atoms with Crippen LogP contribution in [0.4, 0.5) is 0 Å². The molecule has 3 heterocycles. The molecule has 2 aromatic heterocycles. The molecule has 27 heavy (non-hydrogen) atoms. The number of nitrogens with zero attached hydrogens (tertiary/aromatic N) is 2. The van der Waals surface area contributed by atoms with Gasteiger partial charge in [-0.2, -0.15) is 0 Å². The molecule has 0 radical (unpaired) electrons. The standard InChI is InChI=1S/C20H14N2O4S/c1-24-14-4-2-3-13(7-14)19-15(9-23)22-16(10-27-20(22)21-19)12-5-6-17-18(8-12)26-11-25-17/h2-10H,11H2,1H3. The molecular weight excluding hydrogens is 364 g/mol. The summed E-state index contributed by atoms with van der Waals surface area (Å²) < 4.78 is 18.0. The zero-order chi connectivity index (χ0) is 18.4. The number of aromatic nitrogens is 2. The van der Waals surface area contributed by atoms with E-state index in [1.54, 1.807) is 7.11 Å². The van der Waals surface area contributed by atoms with Crippen LogP contribution in [0.5, 0.6) is 17.2 Å². The van der Waals surface area contributed by atoms with Crippen LogP contribution in [0, 0.1) is 0 Å². The van der Waals surface area contributed by atoms with Gasteiger partial charge in [0.15, 0.2) is 22.7 Å². The van der Waals surface area contributed by atoms with Crippen molar-refractivity contribution in [2.75, 3.05) is 13.9 Å². The van der Waals surface area contributed by atoms with Crippen LogP contribution >= 0.6 is 11.3 Å². The number of aldehydes is 1. The minimum absolute atomic E-state index is 0.225. The molecule has 0 bridgehead atoms. The second-order valence-electron chi connectivity index (χ2n) is 6.00. The van der Waals surface area contributed by atoms with Gasteiger partial charge in [-0.25, -0.2) is 4.98 Å². The number of ether oxygens (including phenoxy) is 3. The van der Waals surface area contributed by atoms with Gasteiger partial charge in [0.25, 0.3) is 0 Å².